The molecule has 1 heteroatoms. The standard InChI is InChI=1S/C26H36O/c1-18(2)20-9-15-24-11-6-7-21-22(26(27)12-4-5-13-26)10-16-25(21,24)14-8-19(3)23(24)17-20/h6-8,14,20-22,27H,1,4-5,9-13,15-17H2,2-3H3/t20-,21-,22+,24-,25-/m1/s1. The quantitative estimate of drug-likeness (QED) is 0.554. The van der Waals surface area contributed by atoms with Crippen LogP contribution in [-0.2, 0) is 0 Å². The molecule has 2 spiro atoms. The Morgan fingerprint density at radius 2 is 1.93 bits per heavy atom. The third-order valence-corrected chi connectivity index (χ3v) is 9.51. The average molecular weight is 365 g/mol. The first-order valence-electron chi connectivity index (χ1n) is 11.4. The van der Waals surface area contributed by atoms with Crippen molar-refractivity contribution in [2.45, 2.75) is 83.7 Å². The van der Waals surface area contributed by atoms with Gasteiger partial charge in [-0.1, -0.05) is 60.4 Å². The van der Waals surface area contributed by atoms with E-state index in [1.807, 2.05) is 0 Å². The molecular weight excluding hydrogens is 328 g/mol. The summed E-state index contributed by atoms with van der Waals surface area (Å²) in [7, 11) is 0. The van der Waals surface area contributed by atoms with E-state index in [0.29, 0.717) is 23.2 Å². The molecule has 0 unspecified atom stereocenters. The summed E-state index contributed by atoms with van der Waals surface area (Å²) < 4.78 is 0. The Kier molecular flexibility index (Phi) is 3.97. The van der Waals surface area contributed by atoms with Crippen molar-refractivity contribution in [2.24, 2.45) is 28.6 Å². The van der Waals surface area contributed by atoms with Crippen LogP contribution in [-0.4, -0.2) is 10.7 Å². The van der Waals surface area contributed by atoms with E-state index in [9.17, 15) is 5.11 Å². The third-order valence-electron chi connectivity index (χ3n) is 9.51. The summed E-state index contributed by atoms with van der Waals surface area (Å²) in [5.41, 5.74) is 4.76. The summed E-state index contributed by atoms with van der Waals surface area (Å²) in [4.78, 5) is 0. The van der Waals surface area contributed by atoms with Crippen molar-refractivity contribution in [2.75, 3.05) is 0 Å². The molecule has 3 saturated carbocycles. The molecule has 146 valence electrons. The van der Waals surface area contributed by atoms with Gasteiger partial charge >= 0.3 is 0 Å². The van der Waals surface area contributed by atoms with E-state index in [4.69, 9.17) is 0 Å². The first-order valence-corrected chi connectivity index (χ1v) is 11.4. The van der Waals surface area contributed by atoms with Gasteiger partial charge < -0.3 is 5.11 Å². The zero-order valence-electron chi connectivity index (χ0n) is 17.3. The minimum atomic E-state index is -0.407. The number of hydrogen-bond donors (Lipinski definition) is 1. The molecule has 5 aliphatic rings. The minimum Gasteiger partial charge on any atom is -0.390 e. The third kappa shape index (κ3) is 2.27. The molecule has 0 amide bonds. The summed E-state index contributed by atoms with van der Waals surface area (Å²) in [6, 6.07) is 0. The van der Waals surface area contributed by atoms with E-state index >= 15 is 0 Å². The molecule has 3 fully saturated rings. The largest absolute Gasteiger partial charge is 0.390 e. The van der Waals surface area contributed by atoms with Crippen LogP contribution in [0.3, 0.4) is 0 Å². The second-order valence-corrected chi connectivity index (χ2v) is 10.5. The normalized spacial score (nSPS) is 44.8. The number of hydrogen-bond acceptors (Lipinski definition) is 1. The summed E-state index contributed by atoms with van der Waals surface area (Å²) in [6.07, 6.45) is 22.0. The van der Waals surface area contributed by atoms with Gasteiger partial charge in [0, 0.05) is 10.8 Å². The van der Waals surface area contributed by atoms with Crippen LogP contribution in [0.2, 0.25) is 0 Å². The zero-order chi connectivity index (χ0) is 18.9. The summed E-state index contributed by atoms with van der Waals surface area (Å²) in [5, 5.41) is 11.5. The molecule has 5 aliphatic carbocycles. The Hall–Kier alpha value is -1.08. The van der Waals surface area contributed by atoms with Gasteiger partial charge in [-0.05, 0) is 83.0 Å². The van der Waals surface area contributed by atoms with Gasteiger partial charge in [-0.15, -0.1) is 0 Å². The van der Waals surface area contributed by atoms with Crippen molar-refractivity contribution >= 4 is 0 Å². The van der Waals surface area contributed by atoms with Gasteiger partial charge in [0.05, 0.1) is 5.60 Å². The van der Waals surface area contributed by atoms with Gasteiger partial charge in [0.2, 0.25) is 0 Å². The van der Waals surface area contributed by atoms with Gasteiger partial charge in [-0.3, -0.25) is 0 Å². The van der Waals surface area contributed by atoms with Crippen LogP contribution >= 0.6 is 0 Å². The summed E-state index contributed by atoms with van der Waals surface area (Å²) in [5.74, 6) is 1.64. The maximum Gasteiger partial charge on any atom is 0.0681 e. The van der Waals surface area contributed by atoms with E-state index in [1.54, 1.807) is 5.57 Å². The predicted octanol–water partition coefficient (Wildman–Crippen LogP) is 6.51. The molecule has 1 nitrogen and oxygen atoms in total. The molecule has 5 rings (SSSR count). The molecule has 0 aromatic carbocycles. The lowest BCUT2D eigenvalue weighted by Crippen LogP contribution is -2.52. The first-order chi connectivity index (χ1) is 12.9. The van der Waals surface area contributed by atoms with Crippen molar-refractivity contribution in [3.63, 3.8) is 0 Å². The van der Waals surface area contributed by atoms with E-state index in [1.165, 1.54) is 62.5 Å². The van der Waals surface area contributed by atoms with Crippen LogP contribution < -0.4 is 0 Å². The van der Waals surface area contributed by atoms with Crippen LogP contribution in [0.25, 0.3) is 0 Å². The number of rotatable bonds is 2. The predicted molar refractivity (Wildman–Crippen MR) is 112 cm³/mol. The molecule has 5 atom stereocenters. The van der Waals surface area contributed by atoms with E-state index < -0.39 is 5.60 Å². The lowest BCUT2D eigenvalue weighted by molar-refractivity contribution is -0.0452. The lowest BCUT2D eigenvalue weighted by Gasteiger charge is -2.59. The van der Waals surface area contributed by atoms with Crippen LogP contribution in [0.5, 0.6) is 0 Å². The van der Waals surface area contributed by atoms with Crippen LogP contribution in [0, 0.1) is 28.6 Å². The highest BCUT2D eigenvalue weighted by molar-refractivity contribution is 5.45. The second-order valence-electron chi connectivity index (χ2n) is 10.5. The monoisotopic (exact) mass is 364 g/mol. The Morgan fingerprint density at radius 3 is 2.67 bits per heavy atom. The second kappa shape index (κ2) is 5.96. The van der Waals surface area contributed by atoms with Crippen molar-refractivity contribution in [1.82, 2.24) is 0 Å². The van der Waals surface area contributed by atoms with Crippen LogP contribution in [0.4, 0.5) is 0 Å². The number of aliphatic hydroxyl groups is 1. The SMILES string of the molecule is C=C(C)[C@@H]1CC[C@@]23CC=C[C@@H]4[C@@H](C5(O)CCCC5)CC[C@]42C=CC(C)=C3C1. The fourth-order valence-corrected chi connectivity index (χ4v) is 8.07. The Morgan fingerprint density at radius 1 is 1.15 bits per heavy atom. The smallest absolute Gasteiger partial charge is 0.0681 e. The molecule has 0 saturated heterocycles. The fourth-order valence-electron chi connectivity index (χ4n) is 8.07. The van der Waals surface area contributed by atoms with E-state index in [0.717, 1.165) is 12.8 Å². The molecule has 0 heterocycles. The highest BCUT2D eigenvalue weighted by atomic mass is 16.3. The zero-order valence-corrected chi connectivity index (χ0v) is 17.3. The highest BCUT2D eigenvalue weighted by Gasteiger charge is 2.64. The van der Waals surface area contributed by atoms with Crippen LogP contribution in [0.1, 0.15) is 78.1 Å². The molecule has 27 heavy (non-hydrogen) atoms. The Balaban J connectivity index is 1.58. The van der Waals surface area contributed by atoms with Crippen molar-refractivity contribution in [1.29, 1.82) is 0 Å². The molecule has 0 aromatic heterocycles. The number of allylic oxidation sites excluding steroid dienone is 7. The molecule has 0 aromatic rings. The van der Waals surface area contributed by atoms with Crippen LogP contribution in [0.15, 0.2) is 47.6 Å². The molecule has 0 bridgehead atoms. The molecule has 0 aliphatic heterocycles. The highest BCUT2D eigenvalue weighted by Crippen LogP contribution is 2.72. The van der Waals surface area contributed by atoms with Gasteiger partial charge in [0.15, 0.2) is 0 Å². The van der Waals surface area contributed by atoms with E-state index in [-0.39, 0.29) is 5.41 Å². The van der Waals surface area contributed by atoms with Gasteiger partial charge in [-0.2, -0.15) is 0 Å². The van der Waals surface area contributed by atoms with Gasteiger partial charge in [-0.25, -0.2) is 0 Å². The maximum atomic E-state index is 11.5. The summed E-state index contributed by atoms with van der Waals surface area (Å²) in [6.45, 7) is 8.85. The fraction of sp³-hybridized carbons (Fsp3) is 0.692. The summed E-state index contributed by atoms with van der Waals surface area (Å²) >= 11 is 0. The first kappa shape index (κ1) is 18.0. The average Bonchev–Trinajstić information content (AvgIpc) is 3.26. The maximum absolute atomic E-state index is 11.5. The Bertz CT molecular complexity index is 746. The molecule has 0 radical (unpaired) electrons. The topological polar surface area (TPSA) is 20.2 Å². The lowest BCUT2D eigenvalue weighted by atomic mass is 9.44. The molecule has 1 N–H and O–H groups in total. The van der Waals surface area contributed by atoms with Gasteiger partial charge in [0.1, 0.15) is 0 Å². The van der Waals surface area contributed by atoms with Crippen molar-refractivity contribution in [3.05, 3.63) is 47.6 Å². The minimum absolute atomic E-state index is 0.250. The van der Waals surface area contributed by atoms with Crippen molar-refractivity contribution < 1.29 is 5.11 Å². The molecular formula is C26H36O. The van der Waals surface area contributed by atoms with Gasteiger partial charge in [0.25, 0.3) is 0 Å². The van der Waals surface area contributed by atoms with Crippen molar-refractivity contribution in [3.8, 4) is 0 Å². The Labute approximate surface area is 165 Å². The van der Waals surface area contributed by atoms with E-state index in [2.05, 4.69) is 44.7 Å².